The van der Waals surface area contributed by atoms with Gasteiger partial charge < -0.3 is 8.60 Å². The molecule has 3 aromatic rings. The number of hydrogen-bond donors (Lipinski definition) is 0. The van der Waals surface area contributed by atoms with E-state index in [4.69, 9.17) is 4.42 Å². The topological polar surface area (TPSA) is 117 Å². The summed E-state index contributed by atoms with van der Waals surface area (Å²) < 4.78 is 68.5. The minimum absolute atomic E-state index is 0.0485. The Bertz CT molecular complexity index is 1230. The van der Waals surface area contributed by atoms with Crippen LogP contribution < -0.4 is 9.61 Å². The zero-order valence-corrected chi connectivity index (χ0v) is 14.3. The molecule has 0 aliphatic rings. The van der Waals surface area contributed by atoms with E-state index < -0.39 is 31.7 Å². The summed E-state index contributed by atoms with van der Waals surface area (Å²) in [7, 11) is -5.87. The Morgan fingerprint density at radius 2 is 1.71 bits per heavy atom. The van der Waals surface area contributed by atoms with Gasteiger partial charge in [0.2, 0.25) is 0 Å². The minimum atomic E-state index is -5.87. The maximum Gasteiger partial charge on any atom is 0.534 e. The Morgan fingerprint density at radius 3 is 2.29 bits per heavy atom. The van der Waals surface area contributed by atoms with Crippen LogP contribution in [0.2, 0.25) is 0 Å². The summed E-state index contributed by atoms with van der Waals surface area (Å²) in [6.07, 6.45) is 1.01. The second-order valence-electron chi connectivity index (χ2n) is 5.42. The molecular weight excluding hydrogens is 407 g/mol. The molecule has 0 bridgehead atoms. The second-order valence-corrected chi connectivity index (χ2v) is 6.96. The van der Waals surface area contributed by atoms with E-state index in [1.165, 1.54) is 24.3 Å². The summed E-state index contributed by atoms with van der Waals surface area (Å²) in [5, 5.41) is 10.6. The van der Waals surface area contributed by atoms with Gasteiger partial charge in [0.05, 0.1) is 15.9 Å². The number of benzene rings is 2. The predicted molar refractivity (Wildman–Crippen MR) is 90.2 cm³/mol. The third kappa shape index (κ3) is 3.53. The average Bonchev–Trinajstić information content (AvgIpc) is 2.61. The number of nitro groups is 1. The van der Waals surface area contributed by atoms with Crippen LogP contribution in [0.3, 0.4) is 0 Å². The Balaban J connectivity index is 2.02. The normalized spacial score (nSPS) is 12.1. The van der Waals surface area contributed by atoms with Crippen LogP contribution in [0.1, 0.15) is 0 Å². The van der Waals surface area contributed by atoms with Crippen LogP contribution in [0.15, 0.2) is 57.9 Å². The van der Waals surface area contributed by atoms with Crippen molar-refractivity contribution < 1.29 is 35.1 Å². The molecule has 0 aliphatic carbocycles. The first-order valence-corrected chi connectivity index (χ1v) is 8.71. The molecule has 12 heteroatoms. The lowest BCUT2D eigenvalue weighted by atomic mass is 10.1. The van der Waals surface area contributed by atoms with E-state index in [9.17, 15) is 36.5 Å². The number of rotatable bonds is 4. The fourth-order valence-electron chi connectivity index (χ4n) is 2.30. The zero-order valence-electron chi connectivity index (χ0n) is 13.5. The van der Waals surface area contributed by atoms with Gasteiger partial charge in [0.25, 0.3) is 5.69 Å². The number of nitro benzene ring substituents is 1. The van der Waals surface area contributed by atoms with Crippen LogP contribution >= 0.6 is 0 Å². The lowest BCUT2D eigenvalue weighted by Gasteiger charge is -2.09. The first-order valence-electron chi connectivity index (χ1n) is 7.31. The molecule has 28 heavy (non-hydrogen) atoms. The maximum atomic E-state index is 12.6. The van der Waals surface area contributed by atoms with Gasteiger partial charge in [-0.3, -0.25) is 14.9 Å². The summed E-state index contributed by atoms with van der Waals surface area (Å²) in [6.45, 7) is 0. The van der Waals surface area contributed by atoms with Crippen molar-refractivity contribution in [2.24, 2.45) is 0 Å². The number of fused-ring (bicyclic) bond motifs is 1. The Labute approximate surface area is 154 Å². The summed E-state index contributed by atoms with van der Waals surface area (Å²) >= 11 is 0. The van der Waals surface area contributed by atoms with Crippen LogP contribution in [0, 0.1) is 10.1 Å². The maximum absolute atomic E-state index is 12.6. The van der Waals surface area contributed by atoms with E-state index in [-0.39, 0.29) is 22.2 Å². The lowest BCUT2D eigenvalue weighted by molar-refractivity contribution is -0.384. The van der Waals surface area contributed by atoms with E-state index in [0.717, 1.165) is 24.5 Å². The molecule has 0 saturated carbocycles. The van der Waals surface area contributed by atoms with Crippen molar-refractivity contribution in [3.8, 4) is 16.9 Å². The Morgan fingerprint density at radius 1 is 1.07 bits per heavy atom. The van der Waals surface area contributed by atoms with Crippen molar-refractivity contribution in [3.05, 3.63) is 69.1 Å². The third-order valence-corrected chi connectivity index (χ3v) is 4.60. The fraction of sp³-hybridized carbons (Fsp3) is 0.0625. The zero-order chi connectivity index (χ0) is 20.7. The van der Waals surface area contributed by atoms with Gasteiger partial charge in [0.1, 0.15) is 17.6 Å². The molecule has 1 aromatic heterocycles. The first kappa shape index (κ1) is 19.4. The molecule has 1 heterocycles. The Kier molecular flexibility index (Phi) is 4.59. The van der Waals surface area contributed by atoms with Gasteiger partial charge in [-0.05, 0) is 29.8 Å². The molecule has 0 aliphatic heterocycles. The molecule has 3 rings (SSSR count). The predicted octanol–water partition coefficient (Wildman–Crippen LogP) is 3.60. The van der Waals surface area contributed by atoms with Crippen molar-refractivity contribution in [1.29, 1.82) is 0 Å². The largest absolute Gasteiger partial charge is 0.534 e. The standard InChI is InChI=1S/C16H8F3NO7S/c17-16(18,19)28(24,25)27-11-5-6-12-14(7-11)26-8-13(15(12)21)9-1-3-10(4-2-9)20(22)23/h1-8H. The van der Waals surface area contributed by atoms with Gasteiger partial charge in [-0.2, -0.15) is 21.6 Å². The van der Waals surface area contributed by atoms with Crippen LogP contribution in [0.4, 0.5) is 18.9 Å². The van der Waals surface area contributed by atoms with E-state index in [1.54, 1.807) is 0 Å². The van der Waals surface area contributed by atoms with Crippen LogP contribution in [-0.4, -0.2) is 18.8 Å². The summed E-state index contributed by atoms with van der Waals surface area (Å²) in [5.41, 5.74) is -6.18. The summed E-state index contributed by atoms with van der Waals surface area (Å²) in [5.74, 6) is -0.684. The third-order valence-electron chi connectivity index (χ3n) is 3.62. The van der Waals surface area contributed by atoms with E-state index in [1.807, 2.05) is 0 Å². The highest BCUT2D eigenvalue weighted by Crippen LogP contribution is 2.29. The van der Waals surface area contributed by atoms with Crippen LogP contribution in [0.5, 0.6) is 5.75 Å². The van der Waals surface area contributed by atoms with Gasteiger partial charge in [-0.25, -0.2) is 0 Å². The van der Waals surface area contributed by atoms with E-state index in [2.05, 4.69) is 4.18 Å². The average molecular weight is 415 g/mol. The molecule has 2 aromatic carbocycles. The smallest absolute Gasteiger partial charge is 0.463 e. The summed E-state index contributed by atoms with van der Waals surface area (Å²) in [6, 6.07) is 7.82. The van der Waals surface area contributed by atoms with E-state index in [0.29, 0.717) is 5.56 Å². The van der Waals surface area contributed by atoms with Crippen molar-refractivity contribution in [3.63, 3.8) is 0 Å². The molecule has 0 N–H and O–H groups in total. The number of hydrogen-bond acceptors (Lipinski definition) is 7. The number of halogens is 3. The molecular formula is C16H8F3NO7S. The molecule has 0 radical (unpaired) electrons. The number of non-ortho nitro benzene ring substituents is 1. The second kappa shape index (κ2) is 6.64. The van der Waals surface area contributed by atoms with Gasteiger partial charge >= 0.3 is 15.6 Å². The van der Waals surface area contributed by atoms with Gasteiger partial charge in [-0.15, -0.1) is 0 Å². The molecule has 0 unspecified atom stereocenters. The lowest BCUT2D eigenvalue weighted by Crippen LogP contribution is -2.28. The SMILES string of the molecule is O=c1c(-c2ccc([N+](=O)[O-])cc2)coc2cc(OS(=O)(=O)C(F)(F)F)ccc12. The number of alkyl halides is 3. The highest BCUT2D eigenvalue weighted by atomic mass is 32.2. The Hall–Kier alpha value is -3.41. The highest BCUT2D eigenvalue weighted by molar-refractivity contribution is 7.88. The van der Waals surface area contributed by atoms with Gasteiger partial charge in [0.15, 0.2) is 5.43 Å². The molecule has 0 amide bonds. The molecule has 0 saturated heterocycles. The van der Waals surface area contributed by atoms with Crippen molar-refractivity contribution in [2.45, 2.75) is 5.51 Å². The molecule has 0 spiro atoms. The van der Waals surface area contributed by atoms with Crippen LogP contribution in [0.25, 0.3) is 22.1 Å². The summed E-state index contributed by atoms with van der Waals surface area (Å²) in [4.78, 5) is 22.6. The van der Waals surface area contributed by atoms with E-state index >= 15 is 0 Å². The monoisotopic (exact) mass is 415 g/mol. The molecule has 8 nitrogen and oxygen atoms in total. The van der Waals surface area contributed by atoms with Crippen LogP contribution in [-0.2, 0) is 10.1 Å². The van der Waals surface area contributed by atoms with Gasteiger partial charge in [-0.1, -0.05) is 0 Å². The fourth-order valence-corrected chi connectivity index (χ4v) is 2.75. The molecule has 0 atom stereocenters. The van der Waals surface area contributed by atoms with Crippen molar-refractivity contribution in [1.82, 2.24) is 0 Å². The molecule has 0 fully saturated rings. The van der Waals surface area contributed by atoms with Crippen molar-refractivity contribution in [2.75, 3.05) is 0 Å². The highest BCUT2D eigenvalue weighted by Gasteiger charge is 2.48. The van der Waals surface area contributed by atoms with Crippen molar-refractivity contribution >= 4 is 26.8 Å². The minimum Gasteiger partial charge on any atom is -0.463 e. The first-order chi connectivity index (χ1) is 13.0. The van der Waals surface area contributed by atoms with Gasteiger partial charge in [0, 0.05) is 18.2 Å². The number of nitrogens with zero attached hydrogens (tertiary/aromatic N) is 1. The quantitative estimate of drug-likeness (QED) is 0.277. The molecule has 146 valence electrons.